The maximum Gasteiger partial charge on any atom is 0.122 e. The Labute approximate surface area is 115 Å². The van der Waals surface area contributed by atoms with Gasteiger partial charge in [0.2, 0.25) is 0 Å². The molecule has 3 heteroatoms. The largest absolute Gasteiger partial charge is 0.493 e. The van der Waals surface area contributed by atoms with E-state index >= 15 is 0 Å². The first-order valence-electron chi connectivity index (χ1n) is 7.05. The van der Waals surface area contributed by atoms with Crippen LogP contribution in [-0.2, 0) is 4.74 Å². The molecule has 2 rings (SSSR count). The van der Waals surface area contributed by atoms with Gasteiger partial charge in [-0.15, -0.1) is 0 Å². The molecule has 3 atom stereocenters. The van der Waals surface area contributed by atoms with Crippen LogP contribution < -0.4 is 4.74 Å². The summed E-state index contributed by atoms with van der Waals surface area (Å²) in [5, 5.41) is 10.5. The second kappa shape index (κ2) is 5.93. The third kappa shape index (κ3) is 2.93. The highest BCUT2D eigenvalue weighted by Crippen LogP contribution is 2.38. The number of hydrogen-bond acceptors (Lipinski definition) is 3. The third-order valence-corrected chi connectivity index (χ3v) is 4.46. The summed E-state index contributed by atoms with van der Waals surface area (Å²) >= 11 is 0. The number of rotatable bonds is 5. The molecule has 0 spiro atoms. The fourth-order valence-electron chi connectivity index (χ4n) is 2.70. The molecule has 1 aliphatic rings. The molecule has 19 heavy (non-hydrogen) atoms. The van der Waals surface area contributed by atoms with E-state index < -0.39 is 11.7 Å². The van der Waals surface area contributed by atoms with E-state index in [1.807, 2.05) is 32.0 Å². The van der Waals surface area contributed by atoms with E-state index in [9.17, 15) is 5.11 Å². The van der Waals surface area contributed by atoms with Gasteiger partial charge in [0.1, 0.15) is 5.75 Å². The topological polar surface area (TPSA) is 38.7 Å². The average molecular weight is 264 g/mol. The zero-order valence-corrected chi connectivity index (χ0v) is 12.1. The Bertz CT molecular complexity index is 412. The lowest BCUT2D eigenvalue weighted by Gasteiger charge is -2.35. The average Bonchev–Trinajstić information content (AvgIpc) is 2.46. The monoisotopic (exact) mass is 264 g/mol. The fraction of sp³-hybridized carbons (Fsp3) is 0.625. The Morgan fingerprint density at radius 1 is 1.47 bits per heavy atom. The Morgan fingerprint density at radius 3 is 2.89 bits per heavy atom. The highest BCUT2D eigenvalue weighted by atomic mass is 16.5. The Hall–Kier alpha value is -1.06. The molecule has 1 aromatic rings. The molecule has 0 saturated heterocycles. The van der Waals surface area contributed by atoms with Crippen LogP contribution in [-0.4, -0.2) is 30.5 Å². The van der Waals surface area contributed by atoms with Crippen LogP contribution in [0.4, 0.5) is 0 Å². The van der Waals surface area contributed by atoms with Crippen LogP contribution >= 0.6 is 0 Å². The molecule has 1 aromatic carbocycles. The van der Waals surface area contributed by atoms with Crippen molar-refractivity contribution in [1.29, 1.82) is 0 Å². The van der Waals surface area contributed by atoms with Crippen molar-refractivity contribution in [2.24, 2.45) is 0 Å². The van der Waals surface area contributed by atoms with Gasteiger partial charge in [0.05, 0.1) is 18.3 Å². The molecule has 1 aliphatic heterocycles. The summed E-state index contributed by atoms with van der Waals surface area (Å²) in [6.07, 6.45) is 2.02. The van der Waals surface area contributed by atoms with Gasteiger partial charge in [-0.25, -0.2) is 0 Å². The fourth-order valence-corrected chi connectivity index (χ4v) is 2.70. The van der Waals surface area contributed by atoms with Crippen molar-refractivity contribution in [2.75, 3.05) is 13.7 Å². The lowest BCUT2D eigenvalue weighted by molar-refractivity contribution is -0.0977. The van der Waals surface area contributed by atoms with Gasteiger partial charge in [-0.1, -0.05) is 25.1 Å². The molecule has 3 nitrogen and oxygen atoms in total. The molecule has 0 radical (unpaired) electrons. The number of hydrogen-bond donors (Lipinski definition) is 1. The Morgan fingerprint density at radius 2 is 2.21 bits per heavy atom. The molecule has 0 fully saturated rings. The van der Waals surface area contributed by atoms with Crippen LogP contribution in [0.2, 0.25) is 0 Å². The maximum absolute atomic E-state index is 10.5. The highest BCUT2D eigenvalue weighted by Gasteiger charge is 2.34. The number of aliphatic hydroxyl groups is 1. The van der Waals surface area contributed by atoms with Crippen LogP contribution in [0.25, 0.3) is 0 Å². The zero-order chi connectivity index (χ0) is 13.9. The smallest absolute Gasteiger partial charge is 0.122 e. The van der Waals surface area contributed by atoms with E-state index in [0.717, 1.165) is 31.6 Å². The van der Waals surface area contributed by atoms with Crippen molar-refractivity contribution >= 4 is 0 Å². The third-order valence-electron chi connectivity index (χ3n) is 4.46. The number of fused-ring (bicyclic) bond motifs is 1. The van der Waals surface area contributed by atoms with Crippen LogP contribution in [0.5, 0.6) is 5.75 Å². The van der Waals surface area contributed by atoms with Crippen LogP contribution in [0, 0.1) is 0 Å². The first-order chi connectivity index (χ1) is 9.10. The molecule has 3 unspecified atom stereocenters. The van der Waals surface area contributed by atoms with Gasteiger partial charge >= 0.3 is 0 Å². The molecular weight excluding hydrogens is 240 g/mol. The van der Waals surface area contributed by atoms with Crippen molar-refractivity contribution < 1.29 is 14.6 Å². The molecule has 106 valence electrons. The van der Waals surface area contributed by atoms with Gasteiger partial charge < -0.3 is 14.6 Å². The van der Waals surface area contributed by atoms with Crippen molar-refractivity contribution in [3.05, 3.63) is 29.8 Å². The molecular formula is C16H24O3. The lowest BCUT2D eigenvalue weighted by atomic mass is 9.82. The second-order valence-electron chi connectivity index (χ2n) is 5.49. The van der Waals surface area contributed by atoms with Gasteiger partial charge in [-0.3, -0.25) is 0 Å². The van der Waals surface area contributed by atoms with Crippen LogP contribution in [0.3, 0.4) is 0 Å². The lowest BCUT2D eigenvalue weighted by Crippen LogP contribution is -2.41. The summed E-state index contributed by atoms with van der Waals surface area (Å²) in [7, 11) is 1.67. The quantitative estimate of drug-likeness (QED) is 0.888. The van der Waals surface area contributed by atoms with Gasteiger partial charge in [-0.2, -0.15) is 0 Å². The summed E-state index contributed by atoms with van der Waals surface area (Å²) in [6.45, 7) is 4.75. The van der Waals surface area contributed by atoms with Crippen molar-refractivity contribution in [3.63, 3.8) is 0 Å². The predicted octanol–water partition coefficient (Wildman–Crippen LogP) is 3.12. The Kier molecular flexibility index (Phi) is 4.48. The molecule has 0 amide bonds. The molecule has 0 saturated carbocycles. The van der Waals surface area contributed by atoms with E-state index in [1.165, 1.54) is 5.56 Å². The van der Waals surface area contributed by atoms with Crippen LogP contribution in [0.1, 0.15) is 44.6 Å². The van der Waals surface area contributed by atoms with Gasteiger partial charge in [0.15, 0.2) is 0 Å². The molecule has 0 aliphatic carbocycles. The van der Waals surface area contributed by atoms with E-state index in [4.69, 9.17) is 9.47 Å². The van der Waals surface area contributed by atoms with E-state index in [0.29, 0.717) is 5.92 Å². The van der Waals surface area contributed by atoms with E-state index in [2.05, 4.69) is 6.07 Å². The molecule has 1 heterocycles. The minimum Gasteiger partial charge on any atom is -0.493 e. The summed E-state index contributed by atoms with van der Waals surface area (Å²) in [5.74, 6) is 1.31. The number of para-hydroxylation sites is 1. The van der Waals surface area contributed by atoms with Gasteiger partial charge in [0.25, 0.3) is 0 Å². The predicted molar refractivity (Wildman–Crippen MR) is 75.6 cm³/mol. The number of benzene rings is 1. The molecule has 0 aromatic heterocycles. The maximum atomic E-state index is 10.5. The zero-order valence-electron chi connectivity index (χ0n) is 12.1. The van der Waals surface area contributed by atoms with E-state index in [1.54, 1.807) is 7.11 Å². The summed E-state index contributed by atoms with van der Waals surface area (Å²) < 4.78 is 11.2. The van der Waals surface area contributed by atoms with Crippen molar-refractivity contribution in [3.8, 4) is 5.75 Å². The summed E-state index contributed by atoms with van der Waals surface area (Å²) in [4.78, 5) is 0. The molecule has 1 N–H and O–H groups in total. The van der Waals surface area contributed by atoms with Crippen molar-refractivity contribution in [2.45, 2.75) is 50.7 Å². The highest BCUT2D eigenvalue weighted by molar-refractivity contribution is 5.37. The standard InChI is InChI=1S/C16H24O3/c1-4-16(2,18-3)15(17)11-12-9-10-19-14-8-6-5-7-13(12)14/h5-8,12,15,17H,4,9-11H2,1-3H3. The minimum absolute atomic E-state index is 0.348. The first-order valence-corrected chi connectivity index (χ1v) is 7.05. The van der Waals surface area contributed by atoms with E-state index in [-0.39, 0.29) is 0 Å². The SMILES string of the molecule is CCC(C)(OC)C(O)CC1CCOc2ccccc21. The van der Waals surface area contributed by atoms with Crippen molar-refractivity contribution in [1.82, 2.24) is 0 Å². The first kappa shape index (κ1) is 14.4. The molecule has 0 bridgehead atoms. The second-order valence-corrected chi connectivity index (χ2v) is 5.49. The number of methoxy groups -OCH3 is 1. The van der Waals surface area contributed by atoms with Gasteiger partial charge in [-0.05, 0) is 43.7 Å². The van der Waals surface area contributed by atoms with Crippen LogP contribution in [0.15, 0.2) is 24.3 Å². The van der Waals surface area contributed by atoms with Gasteiger partial charge in [0, 0.05) is 7.11 Å². The number of aliphatic hydroxyl groups excluding tert-OH is 1. The minimum atomic E-state index is -0.465. The summed E-state index contributed by atoms with van der Waals surface area (Å²) in [5.41, 5.74) is 0.745. The Balaban J connectivity index is 2.12. The number of ether oxygens (including phenoxy) is 2. The summed E-state index contributed by atoms with van der Waals surface area (Å²) in [6, 6.07) is 8.12. The normalized spacial score (nSPS) is 23.1.